The monoisotopic (exact) mass is 276 g/mol. The Hall–Kier alpha value is -1.59. The molecule has 1 aromatic carbocycles. The summed E-state index contributed by atoms with van der Waals surface area (Å²) >= 11 is 1.45. The number of nitrogens with two attached hydrogens (primary N) is 1. The molecule has 2 aromatic rings. The molecule has 3 N–H and O–H groups in total. The number of rotatable bonds is 1. The van der Waals surface area contributed by atoms with E-state index < -0.39 is 6.10 Å². The highest BCUT2D eigenvalue weighted by Crippen LogP contribution is 2.36. The fraction of sp³-hybridized carbons (Fsp3) is 0.357. The number of nitrogen functional groups attached to an aromatic ring is 1. The Balaban J connectivity index is 2.03. The first-order valence-electron chi connectivity index (χ1n) is 6.33. The number of anilines is 1. The Labute approximate surface area is 115 Å². The number of β-amino-alcohol motifs (C(OH)–C–C–N with tert-alkyl or cyclic N) is 1. The number of benzene rings is 1. The number of hydrogen-bond acceptors (Lipinski definition) is 4. The topological polar surface area (TPSA) is 66.6 Å². The van der Waals surface area contributed by atoms with Crippen molar-refractivity contribution in [3.63, 3.8) is 0 Å². The van der Waals surface area contributed by atoms with E-state index in [-0.39, 0.29) is 5.91 Å². The molecule has 0 radical (unpaired) electrons. The van der Waals surface area contributed by atoms with Crippen molar-refractivity contribution in [3.8, 4) is 0 Å². The Kier molecular flexibility index (Phi) is 2.95. The molecule has 2 heterocycles. The van der Waals surface area contributed by atoms with Gasteiger partial charge in [0.05, 0.1) is 11.8 Å². The summed E-state index contributed by atoms with van der Waals surface area (Å²) in [6, 6.07) is 5.92. The highest BCUT2D eigenvalue weighted by Gasteiger charge is 2.28. The summed E-state index contributed by atoms with van der Waals surface area (Å²) in [5, 5.41) is 10.5. The quantitative estimate of drug-likeness (QED) is 0.837. The van der Waals surface area contributed by atoms with Crippen molar-refractivity contribution in [2.45, 2.75) is 19.4 Å². The number of thiophene rings is 1. The number of hydrogen-bond donors (Lipinski definition) is 2. The number of likely N-dealkylation sites (tertiary alicyclic amines) is 1. The molecule has 0 aliphatic carbocycles. The van der Waals surface area contributed by atoms with Crippen molar-refractivity contribution < 1.29 is 9.90 Å². The minimum atomic E-state index is -0.402. The Bertz CT molecular complexity index is 650. The van der Waals surface area contributed by atoms with Crippen LogP contribution in [0.3, 0.4) is 0 Å². The molecular formula is C14H16N2O2S. The van der Waals surface area contributed by atoms with E-state index >= 15 is 0 Å². The van der Waals surface area contributed by atoms with Gasteiger partial charge in [-0.1, -0.05) is 18.2 Å². The lowest BCUT2D eigenvalue weighted by molar-refractivity contribution is 0.0770. The van der Waals surface area contributed by atoms with Gasteiger partial charge in [-0.15, -0.1) is 11.3 Å². The SMILES string of the molecule is Cc1cccc2c(N)c(C(=O)N3CCC(O)C3)sc12. The molecule has 0 spiro atoms. The van der Waals surface area contributed by atoms with Gasteiger partial charge in [-0.2, -0.15) is 0 Å². The normalized spacial score (nSPS) is 19.3. The van der Waals surface area contributed by atoms with E-state index in [2.05, 4.69) is 0 Å². The van der Waals surface area contributed by atoms with Gasteiger partial charge in [-0.25, -0.2) is 0 Å². The van der Waals surface area contributed by atoms with Crippen LogP contribution in [0.5, 0.6) is 0 Å². The van der Waals surface area contributed by atoms with Crippen molar-refractivity contribution in [2.24, 2.45) is 0 Å². The maximum Gasteiger partial charge on any atom is 0.266 e. The molecule has 1 saturated heterocycles. The predicted octanol–water partition coefficient (Wildman–Crippen LogP) is 2.00. The van der Waals surface area contributed by atoms with E-state index in [4.69, 9.17) is 5.73 Å². The highest BCUT2D eigenvalue weighted by molar-refractivity contribution is 7.21. The zero-order valence-corrected chi connectivity index (χ0v) is 11.5. The number of aliphatic hydroxyl groups excluding tert-OH is 1. The number of nitrogens with zero attached hydrogens (tertiary/aromatic N) is 1. The van der Waals surface area contributed by atoms with Gasteiger partial charge in [0, 0.05) is 23.2 Å². The summed E-state index contributed by atoms with van der Waals surface area (Å²) in [7, 11) is 0. The molecule has 0 saturated carbocycles. The lowest BCUT2D eigenvalue weighted by Gasteiger charge is -2.14. The second-order valence-corrected chi connectivity index (χ2v) is 6.01. The number of fused-ring (bicyclic) bond motifs is 1. The Morgan fingerprint density at radius 3 is 2.95 bits per heavy atom. The van der Waals surface area contributed by atoms with Gasteiger partial charge >= 0.3 is 0 Å². The molecule has 3 rings (SSSR count). The zero-order chi connectivity index (χ0) is 13.6. The molecule has 1 atom stereocenters. The fourth-order valence-electron chi connectivity index (χ4n) is 2.51. The summed E-state index contributed by atoms with van der Waals surface area (Å²) in [5.74, 6) is -0.0605. The molecule has 1 fully saturated rings. The standard InChI is InChI=1S/C14H16N2O2S/c1-8-3-2-4-10-11(15)13(19-12(8)10)14(18)16-6-5-9(17)7-16/h2-4,9,17H,5-7,15H2,1H3. The van der Waals surface area contributed by atoms with Crippen LogP contribution < -0.4 is 5.73 Å². The van der Waals surface area contributed by atoms with Crippen molar-refractivity contribution >= 4 is 33.0 Å². The summed E-state index contributed by atoms with van der Waals surface area (Å²) in [5.41, 5.74) is 7.81. The molecule has 0 bridgehead atoms. The molecule has 1 aliphatic heterocycles. The van der Waals surface area contributed by atoms with Crippen LogP contribution in [0.4, 0.5) is 5.69 Å². The first kappa shape index (κ1) is 12.4. The van der Waals surface area contributed by atoms with E-state index in [0.717, 1.165) is 15.6 Å². The minimum absolute atomic E-state index is 0.0605. The van der Waals surface area contributed by atoms with Crippen LogP contribution in [-0.4, -0.2) is 35.1 Å². The molecule has 1 amide bonds. The molecule has 19 heavy (non-hydrogen) atoms. The van der Waals surface area contributed by atoms with Crippen LogP contribution in [0, 0.1) is 6.92 Å². The number of amides is 1. The van der Waals surface area contributed by atoms with E-state index in [1.807, 2.05) is 25.1 Å². The second-order valence-electron chi connectivity index (χ2n) is 4.99. The molecule has 1 aliphatic rings. The second kappa shape index (κ2) is 4.51. The van der Waals surface area contributed by atoms with Crippen LogP contribution in [-0.2, 0) is 0 Å². The number of carbonyl (C=O) groups is 1. The lowest BCUT2D eigenvalue weighted by atomic mass is 10.1. The summed E-state index contributed by atoms with van der Waals surface area (Å²) in [4.78, 5) is 14.7. The van der Waals surface area contributed by atoms with Gasteiger partial charge in [-0.3, -0.25) is 4.79 Å². The number of carbonyl (C=O) groups excluding carboxylic acids is 1. The van der Waals surface area contributed by atoms with Gasteiger partial charge in [0.25, 0.3) is 5.91 Å². The third-order valence-electron chi connectivity index (χ3n) is 3.60. The average molecular weight is 276 g/mol. The van der Waals surface area contributed by atoms with Crippen molar-refractivity contribution in [1.82, 2.24) is 4.90 Å². The summed E-state index contributed by atoms with van der Waals surface area (Å²) < 4.78 is 1.07. The number of aryl methyl sites for hydroxylation is 1. The van der Waals surface area contributed by atoms with Crippen LogP contribution in [0.2, 0.25) is 0 Å². The number of aliphatic hydroxyl groups is 1. The van der Waals surface area contributed by atoms with Crippen molar-refractivity contribution in [2.75, 3.05) is 18.8 Å². The van der Waals surface area contributed by atoms with E-state index in [0.29, 0.717) is 30.1 Å². The predicted molar refractivity (Wildman–Crippen MR) is 77.5 cm³/mol. The van der Waals surface area contributed by atoms with E-state index in [1.165, 1.54) is 11.3 Å². The third-order valence-corrected chi connectivity index (χ3v) is 4.94. The van der Waals surface area contributed by atoms with Gasteiger partial charge < -0.3 is 15.7 Å². The smallest absolute Gasteiger partial charge is 0.266 e. The van der Waals surface area contributed by atoms with Crippen LogP contribution >= 0.6 is 11.3 Å². The highest BCUT2D eigenvalue weighted by atomic mass is 32.1. The fourth-order valence-corrected chi connectivity index (χ4v) is 3.67. The zero-order valence-electron chi connectivity index (χ0n) is 10.7. The molecule has 1 unspecified atom stereocenters. The van der Waals surface area contributed by atoms with Crippen LogP contribution in [0.25, 0.3) is 10.1 Å². The van der Waals surface area contributed by atoms with Crippen LogP contribution in [0.15, 0.2) is 18.2 Å². The maximum absolute atomic E-state index is 12.4. The lowest BCUT2D eigenvalue weighted by Crippen LogP contribution is -2.29. The first-order chi connectivity index (χ1) is 9.08. The van der Waals surface area contributed by atoms with Gasteiger partial charge in [0.2, 0.25) is 0 Å². The Morgan fingerprint density at radius 2 is 2.32 bits per heavy atom. The van der Waals surface area contributed by atoms with E-state index in [9.17, 15) is 9.90 Å². The molecule has 1 aromatic heterocycles. The van der Waals surface area contributed by atoms with Gasteiger partial charge in [0.1, 0.15) is 4.88 Å². The van der Waals surface area contributed by atoms with Crippen molar-refractivity contribution in [3.05, 3.63) is 28.6 Å². The average Bonchev–Trinajstić information content (AvgIpc) is 2.95. The third kappa shape index (κ3) is 1.99. The minimum Gasteiger partial charge on any atom is -0.397 e. The van der Waals surface area contributed by atoms with Gasteiger partial charge in [0.15, 0.2) is 0 Å². The summed E-state index contributed by atoms with van der Waals surface area (Å²) in [6.45, 7) is 3.03. The van der Waals surface area contributed by atoms with Crippen LogP contribution in [0.1, 0.15) is 21.7 Å². The van der Waals surface area contributed by atoms with E-state index in [1.54, 1.807) is 4.90 Å². The molecule has 100 valence electrons. The first-order valence-corrected chi connectivity index (χ1v) is 7.14. The largest absolute Gasteiger partial charge is 0.397 e. The molecule has 5 heteroatoms. The van der Waals surface area contributed by atoms with Crippen molar-refractivity contribution in [1.29, 1.82) is 0 Å². The Morgan fingerprint density at radius 1 is 1.53 bits per heavy atom. The van der Waals surface area contributed by atoms with Gasteiger partial charge in [-0.05, 0) is 18.9 Å². The maximum atomic E-state index is 12.4. The summed E-state index contributed by atoms with van der Waals surface area (Å²) in [6.07, 6.45) is 0.247. The molecule has 4 nitrogen and oxygen atoms in total. The molecular weight excluding hydrogens is 260 g/mol.